The first-order valence-electron chi connectivity index (χ1n) is 7.28. The summed E-state index contributed by atoms with van der Waals surface area (Å²) in [5.74, 6) is -0.732. The fraction of sp³-hybridized carbons (Fsp3) is 0.267. The lowest BCUT2D eigenvalue weighted by Gasteiger charge is -2.16. The number of carbonyl (C=O) groups is 2. The minimum atomic E-state index is -1.40. The molecular weight excluding hydrogens is 350 g/mol. The van der Waals surface area contributed by atoms with Crippen LogP contribution >= 0.6 is 11.3 Å². The van der Waals surface area contributed by atoms with Crippen LogP contribution in [0.25, 0.3) is 0 Å². The smallest absolute Gasteiger partial charge is 0.328 e. The molecule has 2 unspecified atom stereocenters. The molecular formula is C15H15N3O6S. The molecule has 132 valence electrons. The number of carboxylic acid groups (broad SMARTS) is 1. The Morgan fingerprint density at radius 1 is 1.32 bits per heavy atom. The lowest BCUT2D eigenvalue weighted by atomic mass is 10.2. The van der Waals surface area contributed by atoms with Crippen LogP contribution in [0.1, 0.15) is 17.4 Å². The number of benzene rings is 1. The molecule has 0 radical (unpaired) electrons. The largest absolute Gasteiger partial charge is 0.480 e. The number of anilines is 2. The maximum atomic E-state index is 12.1. The molecule has 1 aliphatic rings. The number of carboxylic acids is 1. The van der Waals surface area contributed by atoms with Gasteiger partial charge in [0.25, 0.3) is 5.91 Å². The number of aliphatic hydroxyl groups excluding tert-OH is 1. The highest BCUT2D eigenvalue weighted by Crippen LogP contribution is 2.35. The number of aliphatic carboxylic acids is 1. The third kappa shape index (κ3) is 3.80. The Morgan fingerprint density at radius 3 is 2.80 bits per heavy atom. The van der Waals surface area contributed by atoms with Crippen molar-refractivity contribution in [2.75, 3.05) is 12.1 Å². The normalized spacial score (nSPS) is 14.6. The summed E-state index contributed by atoms with van der Waals surface area (Å²) in [4.78, 5) is 27.2. The number of hydrogen-bond donors (Lipinski definition) is 4. The topological polar surface area (TPSA) is 130 Å². The van der Waals surface area contributed by atoms with Crippen molar-refractivity contribution in [1.29, 1.82) is 0 Å². The summed E-state index contributed by atoms with van der Waals surface area (Å²) in [6, 6.07) is 3.88. The molecule has 2 aromatic rings. The van der Waals surface area contributed by atoms with E-state index in [0.29, 0.717) is 22.3 Å². The van der Waals surface area contributed by atoms with E-state index in [0.717, 1.165) is 0 Å². The van der Waals surface area contributed by atoms with Crippen LogP contribution in [-0.2, 0) is 4.79 Å². The zero-order valence-electron chi connectivity index (χ0n) is 13.1. The van der Waals surface area contributed by atoms with Crippen molar-refractivity contribution in [1.82, 2.24) is 10.3 Å². The number of aromatic nitrogens is 1. The van der Waals surface area contributed by atoms with Gasteiger partial charge in [0.05, 0.1) is 6.10 Å². The second kappa shape index (κ2) is 6.95. The summed E-state index contributed by atoms with van der Waals surface area (Å²) >= 11 is 1.18. The Morgan fingerprint density at radius 2 is 2.08 bits per heavy atom. The first kappa shape index (κ1) is 17.0. The summed E-state index contributed by atoms with van der Waals surface area (Å²) in [7, 11) is 0. The van der Waals surface area contributed by atoms with E-state index in [1.807, 2.05) is 0 Å². The van der Waals surface area contributed by atoms with Gasteiger partial charge < -0.3 is 30.3 Å². The summed E-state index contributed by atoms with van der Waals surface area (Å²) in [5.41, 5.74) is 0.762. The van der Waals surface area contributed by atoms with Crippen LogP contribution in [-0.4, -0.2) is 46.0 Å². The summed E-state index contributed by atoms with van der Waals surface area (Å²) < 4.78 is 10.5. The molecule has 2 heterocycles. The van der Waals surface area contributed by atoms with E-state index in [-0.39, 0.29) is 12.5 Å². The number of amides is 1. The van der Waals surface area contributed by atoms with Gasteiger partial charge in [0.15, 0.2) is 22.7 Å². The number of aliphatic hydroxyl groups is 1. The van der Waals surface area contributed by atoms with E-state index in [9.17, 15) is 14.7 Å². The number of nitrogens with one attached hydrogen (secondary N) is 2. The summed E-state index contributed by atoms with van der Waals surface area (Å²) in [6.07, 6.45) is -1.23. The predicted octanol–water partition coefficient (Wildman–Crippen LogP) is 1.18. The first-order chi connectivity index (χ1) is 11.9. The van der Waals surface area contributed by atoms with E-state index in [2.05, 4.69) is 15.6 Å². The molecule has 1 aromatic carbocycles. The van der Waals surface area contributed by atoms with Gasteiger partial charge in [-0.1, -0.05) is 0 Å². The zero-order valence-corrected chi connectivity index (χ0v) is 13.9. The van der Waals surface area contributed by atoms with Crippen molar-refractivity contribution in [3.8, 4) is 11.5 Å². The van der Waals surface area contributed by atoms with Crippen molar-refractivity contribution < 1.29 is 29.3 Å². The number of rotatable bonds is 6. The van der Waals surface area contributed by atoms with E-state index in [1.54, 1.807) is 18.2 Å². The van der Waals surface area contributed by atoms with E-state index in [4.69, 9.17) is 14.6 Å². The van der Waals surface area contributed by atoms with E-state index >= 15 is 0 Å². The van der Waals surface area contributed by atoms with Crippen molar-refractivity contribution in [2.45, 2.75) is 19.1 Å². The highest BCUT2D eigenvalue weighted by Gasteiger charge is 2.26. The number of fused-ring (bicyclic) bond motifs is 1. The lowest BCUT2D eigenvalue weighted by molar-refractivity contribution is -0.141. The maximum Gasteiger partial charge on any atom is 0.328 e. The van der Waals surface area contributed by atoms with Gasteiger partial charge in [0, 0.05) is 17.1 Å². The van der Waals surface area contributed by atoms with Gasteiger partial charge >= 0.3 is 5.97 Å². The summed E-state index contributed by atoms with van der Waals surface area (Å²) in [6.45, 7) is 1.46. The molecule has 4 N–H and O–H groups in total. The highest BCUT2D eigenvalue weighted by atomic mass is 32.1. The molecule has 1 amide bonds. The van der Waals surface area contributed by atoms with Crippen molar-refractivity contribution in [3.05, 3.63) is 29.3 Å². The lowest BCUT2D eigenvalue weighted by Crippen LogP contribution is -2.47. The van der Waals surface area contributed by atoms with E-state index in [1.165, 1.54) is 23.6 Å². The monoisotopic (exact) mass is 365 g/mol. The highest BCUT2D eigenvalue weighted by molar-refractivity contribution is 7.14. The molecule has 0 saturated carbocycles. The Kier molecular flexibility index (Phi) is 4.72. The Hall–Kier alpha value is -2.85. The molecule has 0 spiro atoms. The van der Waals surface area contributed by atoms with Crippen molar-refractivity contribution in [2.24, 2.45) is 0 Å². The van der Waals surface area contributed by atoms with Crippen molar-refractivity contribution >= 4 is 34.0 Å². The molecule has 1 aromatic heterocycles. The molecule has 0 aliphatic carbocycles. The molecule has 25 heavy (non-hydrogen) atoms. The predicted molar refractivity (Wildman–Crippen MR) is 88.5 cm³/mol. The first-order valence-corrected chi connectivity index (χ1v) is 8.16. The SMILES string of the molecule is CC(O)C(NC(=O)c1csc(Nc2ccc3c(c2)OCO3)n1)C(=O)O. The minimum Gasteiger partial charge on any atom is -0.480 e. The van der Waals surface area contributed by atoms with Crippen molar-refractivity contribution in [3.63, 3.8) is 0 Å². The van der Waals surface area contributed by atoms with E-state index < -0.39 is 24.0 Å². The Bertz CT molecular complexity index is 806. The third-order valence-electron chi connectivity index (χ3n) is 3.40. The van der Waals surface area contributed by atoms with Crippen LogP contribution in [0.3, 0.4) is 0 Å². The maximum absolute atomic E-state index is 12.1. The average Bonchev–Trinajstić information content (AvgIpc) is 3.20. The minimum absolute atomic E-state index is 0.0557. The van der Waals surface area contributed by atoms with Crippen LogP contribution in [0.2, 0.25) is 0 Å². The molecule has 10 heteroatoms. The Balaban J connectivity index is 1.67. The van der Waals surface area contributed by atoms with Crippen LogP contribution in [0.5, 0.6) is 11.5 Å². The zero-order chi connectivity index (χ0) is 18.0. The second-order valence-corrected chi connectivity index (χ2v) is 6.12. The molecule has 2 atom stereocenters. The van der Waals surface area contributed by atoms with Gasteiger partial charge in [-0.3, -0.25) is 4.79 Å². The summed E-state index contributed by atoms with van der Waals surface area (Å²) in [5, 5.41) is 25.6. The average molecular weight is 365 g/mol. The molecule has 0 saturated heterocycles. The van der Waals surface area contributed by atoms with Crippen LogP contribution in [0, 0.1) is 0 Å². The number of thiazole rings is 1. The van der Waals surface area contributed by atoms with Crippen LogP contribution < -0.4 is 20.1 Å². The molecule has 1 aliphatic heterocycles. The molecule has 0 fully saturated rings. The van der Waals surface area contributed by atoms with Gasteiger partial charge in [0.1, 0.15) is 5.69 Å². The van der Waals surface area contributed by atoms with Gasteiger partial charge in [0.2, 0.25) is 6.79 Å². The third-order valence-corrected chi connectivity index (χ3v) is 4.15. The van der Waals surface area contributed by atoms with Gasteiger partial charge in [-0.2, -0.15) is 0 Å². The Labute approximate surface area is 146 Å². The van der Waals surface area contributed by atoms with Crippen LogP contribution in [0.4, 0.5) is 10.8 Å². The number of hydrogen-bond acceptors (Lipinski definition) is 8. The molecule has 3 rings (SSSR count). The quantitative estimate of drug-likeness (QED) is 0.600. The standard InChI is InChI=1S/C15H15N3O6S/c1-7(19)12(14(21)22)18-13(20)9-5-25-15(17-9)16-8-2-3-10-11(4-8)24-6-23-10/h2-5,7,12,19H,6H2,1H3,(H,16,17)(H,18,20)(H,21,22). The van der Waals surface area contributed by atoms with Gasteiger partial charge in [-0.15, -0.1) is 11.3 Å². The second-order valence-electron chi connectivity index (χ2n) is 5.26. The number of ether oxygens (including phenoxy) is 2. The number of nitrogens with zero attached hydrogens (tertiary/aromatic N) is 1. The molecule has 9 nitrogen and oxygen atoms in total. The molecule has 0 bridgehead atoms. The fourth-order valence-electron chi connectivity index (χ4n) is 2.14. The van der Waals surface area contributed by atoms with Crippen LogP contribution in [0.15, 0.2) is 23.6 Å². The van der Waals surface area contributed by atoms with Gasteiger partial charge in [-0.05, 0) is 19.1 Å². The van der Waals surface area contributed by atoms with Gasteiger partial charge in [-0.25, -0.2) is 9.78 Å². The number of carbonyl (C=O) groups excluding carboxylic acids is 1. The fourth-order valence-corrected chi connectivity index (χ4v) is 2.85.